The second-order valence-corrected chi connectivity index (χ2v) is 5.15. The van der Waals surface area contributed by atoms with Crippen molar-refractivity contribution in [1.82, 2.24) is 0 Å². The average molecular weight is 365 g/mol. The fraction of sp³-hybridized carbons (Fsp3) is 0.0769. The van der Waals surface area contributed by atoms with Gasteiger partial charge in [0, 0.05) is 9.13 Å². The molecule has 0 radical (unpaired) electrons. The lowest BCUT2D eigenvalue weighted by molar-refractivity contribution is 0.587. The predicted molar refractivity (Wildman–Crippen MR) is 73.2 cm³/mol. The second-order valence-electron chi connectivity index (χ2n) is 3.55. The Morgan fingerprint density at radius 1 is 1.00 bits per heavy atom. The summed E-state index contributed by atoms with van der Waals surface area (Å²) in [4.78, 5) is 0. The molecule has 0 aliphatic heterocycles. The Morgan fingerprint density at radius 3 is 2.41 bits per heavy atom. The highest BCUT2D eigenvalue weighted by Gasteiger charge is 2.17. The first-order valence-electron chi connectivity index (χ1n) is 4.93. The van der Waals surface area contributed by atoms with Crippen molar-refractivity contribution in [3.63, 3.8) is 0 Å². The Labute approximate surface area is 117 Å². The van der Waals surface area contributed by atoms with E-state index >= 15 is 0 Å². The van der Waals surface area contributed by atoms with Crippen molar-refractivity contribution >= 4 is 34.2 Å². The molecular weight excluding hydrogens is 356 g/mol. The first-order chi connectivity index (χ1) is 8.09. The van der Waals surface area contributed by atoms with Crippen LogP contribution < -0.4 is 0 Å². The van der Waals surface area contributed by atoms with Crippen LogP contribution in [0.4, 0.5) is 8.78 Å². The van der Waals surface area contributed by atoms with Crippen LogP contribution in [0.5, 0.6) is 0 Å². The molecule has 0 bridgehead atoms. The van der Waals surface area contributed by atoms with Crippen molar-refractivity contribution in [1.29, 1.82) is 0 Å². The molecule has 0 aromatic heterocycles. The maximum Gasteiger partial charge on any atom is 0.128 e. The highest BCUT2D eigenvalue weighted by molar-refractivity contribution is 14.1. The largest absolute Gasteiger partial charge is 0.207 e. The minimum atomic E-state index is -0.682. The minimum absolute atomic E-state index is 0.163. The second kappa shape index (κ2) is 5.31. The van der Waals surface area contributed by atoms with Gasteiger partial charge >= 0.3 is 0 Å². The van der Waals surface area contributed by atoms with E-state index in [0.29, 0.717) is 0 Å². The third-order valence-corrected chi connectivity index (χ3v) is 3.86. The van der Waals surface area contributed by atoms with E-state index in [-0.39, 0.29) is 5.56 Å². The lowest BCUT2D eigenvalue weighted by Gasteiger charge is -2.13. The standard InChI is InChI=1S/C13H8ClF2I/c14-13(9-3-1-2-4-12(9)17)10-7-8(15)5-6-11(10)16/h1-7,13H. The zero-order chi connectivity index (χ0) is 12.4. The number of alkyl halides is 1. The molecule has 0 fully saturated rings. The SMILES string of the molecule is Fc1ccc(F)c(C(Cl)c2ccccc2I)c1. The van der Waals surface area contributed by atoms with E-state index in [1.54, 1.807) is 0 Å². The Bertz CT molecular complexity index is 543. The molecule has 0 amide bonds. The van der Waals surface area contributed by atoms with Crippen LogP contribution in [0.25, 0.3) is 0 Å². The van der Waals surface area contributed by atoms with Crippen LogP contribution in [-0.2, 0) is 0 Å². The van der Waals surface area contributed by atoms with Gasteiger partial charge in [0.2, 0.25) is 0 Å². The van der Waals surface area contributed by atoms with Gasteiger partial charge in [-0.15, -0.1) is 11.6 Å². The van der Waals surface area contributed by atoms with Crippen LogP contribution in [0.15, 0.2) is 42.5 Å². The summed E-state index contributed by atoms with van der Waals surface area (Å²) in [5, 5.41) is -0.682. The third-order valence-electron chi connectivity index (χ3n) is 2.41. The smallest absolute Gasteiger partial charge is 0.128 e. The predicted octanol–water partition coefficient (Wildman–Crippen LogP) is 4.90. The molecule has 1 unspecified atom stereocenters. The maximum absolute atomic E-state index is 13.6. The lowest BCUT2D eigenvalue weighted by atomic mass is 10.0. The number of hydrogen-bond donors (Lipinski definition) is 0. The molecule has 0 spiro atoms. The van der Waals surface area contributed by atoms with Crippen molar-refractivity contribution < 1.29 is 8.78 Å². The zero-order valence-corrected chi connectivity index (χ0v) is 11.5. The van der Waals surface area contributed by atoms with E-state index in [4.69, 9.17) is 11.6 Å². The van der Waals surface area contributed by atoms with Crippen LogP contribution in [0.2, 0.25) is 0 Å². The molecule has 0 nitrogen and oxygen atoms in total. The monoisotopic (exact) mass is 364 g/mol. The summed E-state index contributed by atoms with van der Waals surface area (Å²) in [7, 11) is 0. The van der Waals surface area contributed by atoms with Crippen molar-refractivity contribution in [2.24, 2.45) is 0 Å². The van der Waals surface area contributed by atoms with Crippen LogP contribution in [0, 0.1) is 15.2 Å². The number of benzene rings is 2. The highest BCUT2D eigenvalue weighted by Crippen LogP contribution is 2.33. The lowest BCUT2D eigenvalue weighted by Crippen LogP contribution is -2.00. The zero-order valence-electron chi connectivity index (χ0n) is 8.63. The van der Waals surface area contributed by atoms with Gasteiger partial charge in [-0.05, 0) is 52.4 Å². The quantitative estimate of drug-likeness (QED) is 0.525. The summed E-state index contributed by atoms with van der Waals surface area (Å²) < 4.78 is 27.6. The molecule has 2 aromatic rings. The Kier molecular flexibility index (Phi) is 3.99. The molecule has 0 N–H and O–H groups in total. The van der Waals surface area contributed by atoms with E-state index < -0.39 is 17.0 Å². The number of rotatable bonds is 2. The fourth-order valence-electron chi connectivity index (χ4n) is 1.56. The van der Waals surface area contributed by atoms with Gasteiger partial charge in [0.05, 0.1) is 5.38 Å². The Balaban J connectivity index is 2.47. The summed E-state index contributed by atoms with van der Waals surface area (Å²) >= 11 is 8.32. The van der Waals surface area contributed by atoms with Gasteiger partial charge in [0.1, 0.15) is 11.6 Å². The van der Waals surface area contributed by atoms with E-state index in [9.17, 15) is 8.78 Å². The van der Waals surface area contributed by atoms with Gasteiger partial charge in [0.25, 0.3) is 0 Å². The molecule has 17 heavy (non-hydrogen) atoms. The molecular formula is C13H8ClF2I. The van der Waals surface area contributed by atoms with Crippen molar-refractivity contribution in [3.8, 4) is 0 Å². The molecule has 4 heteroatoms. The van der Waals surface area contributed by atoms with Crippen LogP contribution in [0.3, 0.4) is 0 Å². The molecule has 0 heterocycles. The molecule has 0 saturated heterocycles. The number of hydrogen-bond acceptors (Lipinski definition) is 0. The van der Waals surface area contributed by atoms with Gasteiger partial charge in [0.15, 0.2) is 0 Å². The molecule has 2 rings (SSSR count). The summed E-state index contributed by atoms with van der Waals surface area (Å²) in [6.45, 7) is 0. The van der Waals surface area contributed by atoms with E-state index in [1.165, 1.54) is 0 Å². The van der Waals surface area contributed by atoms with Crippen molar-refractivity contribution in [2.75, 3.05) is 0 Å². The maximum atomic E-state index is 13.6. The molecule has 1 atom stereocenters. The molecule has 2 aromatic carbocycles. The summed E-state index contributed by atoms with van der Waals surface area (Å²) in [6.07, 6.45) is 0. The molecule has 0 aliphatic rings. The van der Waals surface area contributed by atoms with E-state index in [0.717, 1.165) is 27.3 Å². The third kappa shape index (κ3) is 2.77. The van der Waals surface area contributed by atoms with Gasteiger partial charge in [-0.25, -0.2) is 8.78 Å². The molecule has 0 saturated carbocycles. The average Bonchev–Trinajstić information content (AvgIpc) is 2.32. The fourth-order valence-corrected chi connectivity index (χ4v) is 2.80. The van der Waals surface area contributed by atoms with Crippen molar-refractivity contribution in [2.45, 2.75) is 5.38 Å². The van der Waals surface area contributed by atoms with Gasteiger partial charge in [-0.2, -0.15) is 0 Å². The van der Waals surface area contributed by atoms with Gasteiger partial charge < -0.3 is 0 Å². The highest BCUT2D eigenvalue weighted by atomic mass is 127. The topological polar surface area (TPSA) is 0 Å². The van der Waals surface area contributed by atoms with E-state index in [1.807, 2.05) is 24.3 Å². The Hall–Kier alpha value is -0.680. The minimum Gasteiger partial charge on any atom is -0.207 e. The first kappa shape index (κ1) is 12.8. The normalized spacial score (nSPS) is 12.5. The summed E-state index contributed by atoms with van der Waals surface area (Å²) in [5.74, 6) is -0.982. The van der Waals surface area contributed by atoms with Crippen molar-refractivity contribution in [3.05, 3.63) is 68.8 Å². The van der Waals surface area contributed by atoms with E-state index in [2.05, 4.69) is 22.6 Å². The summed E-state index contributed by atoms with van der Waals surface area (Å²) in [6, 6.07) is 10.7. The van der Waals surface area contributed by atoms with Crippen LogP contribution in [-0.4, -0.2) is 0 Å². The first-order valence-corrected chi connectivity index (χ1v) is 6.44. The van der Waals surface area contributed by atoms with Gasteiger partial charge in [-0.1, -0.05) is 18.2 Å². The molecule has 88 valence electrons. The number of halogens is 4. The molecule has 0 aliphatic carbocycles. The summed E-state index contributed by atoms with van der Waals surface area (Å²) in [5.41, 5.74) is 0.940. The Morgan fingerprint density at radius 2 is 1.71 bits per heavy atom. The van der Waals surface area contributed by atoms with Crippen LogP contribution >= 0.6 is 34.2 Å². The van der Waals surface area contributed by atoms with Crippen LogP contribution in [0.1, 0.15) is 16.5 Å². The van der Waals surface area contributed by atoms with Gasteiger partial charge in [-0.3, -0.25) is 0 Å².